The number of halogens is 5. The lowest BCUT2D eigenvalue weighted by Gasteiger charge is -2.42. The first-order chi connectivity index (χ1) is 21.3. The average molecular weight is 637 g/mol. The average Bonchev–Trinajstić information content (AvgIpc) is 3.32. The van der Waals surface area contributed by atoms with Crippen molar-refractivity contribution < 1.29 is 41.8 Å². The van der Waals surface area contributed by atoms with Crippen molar-refractivity contribution in [3.63, 3.8) is 0 Å². The van der Waals surface area contributed by atoms with Crippen molar-refractivity contribution in [2.75, 3.05) is 44.8 Å². The molecule has 3 heterocycles. The zero-order valence-electron chi connectivity index (χ0n) is 25.0. The molecule has 0 saturated carbocycles. The predicted molar refractivity (Wildman–Crippen MR) is 160 cm³/mol. The lowest BCUT2D eigenvalue weighted by molar-refractivity contribution is -0.131. The number of ketones is 1. The Morgan fingerprint density at radius 1 is 1.13 bits per heavy atom. The SMILES string of the molecule is CC(=O)/C=C/C(=O)O.C[C@@H]1Cc2c([nH]c3ccccc23)[C@@H](c2c(F)cc(NC3CN(CCCF)C3)cc2F)N1CC(F)(F)CO. The standard InChI is InChI=1S/C27H31F5N4O.C5H6O3/c1-16-9-20-19-5-2-3-6-23(19)34-25(20)26(36(16)14-27(31,32)15-37)24-21(29)10-17(11-22(24)30)33-18-12-35(13-18)8-4-7-28;1-4(6)2-3-5(7)8/h2-3,5-6,10-11,16,18,26,33-34,37H,4,7-9,12-15H2,1H3;2-3H,1H3,(H,7,8)/b;3-2+/t16-,26-;/m1./s1. The van der Waals surface area contributed by atoms with E-state index in [1.165, 1.54) is 24.0 Å². The van der Waals surface area contributed by atoms with E-state index < -0.39 is 48.8 Å². The Balaban J connectivity index is 0.000000510. The summed E-state index contributed by atoms with van der Waals surface area (Å²) < 4.78 is 72.5. The molecule has 1 saturated heterocycles. The molecule has 3 aromatic rings. The molecule has 244 valence electrons. The van der Waals surface area contributed by atoms with Crippen molar-refractivity contribution >= 4 is 28.3 Å². The molecule has 45 heavy (non-hydrogen) atoms. The molecule has 2 atom stereocenters. The molecule has 8 nitrogen and oxygen atoms in total. The molecule has 0 bridgehead atoms. The molecule has 2 aromatic carbocycles. The summed E-state index contributed by atoms with van der Waals surface area (Å²) >= 11 is 0. The molecular weight excluding hydrogens is 599 g/mol. The van der Waals surface area contributed by atoms with E-state index >= 15 is 8.78 Å². The van der Waals surface area contributed by atoms with Gasteiger partial charge in [-0.05, 0) is 56.5 Å². The second kappa shape index (κ2) is 14.5. The number of anilines is 1. The monoisotopic (exact) mass is 636 g/mol. The normalized spacial score (nSPS) is 19.2. The third-order valence-electron chi connectivity index (χ3n) is 7.91. The number of aromatic nitrogens is 1. The van der Waals surface area contributed by atoms with E-state index in [1.54, 1.807) is 6.92 Å². The lowest BCUT2D eigenvalue weighted by Crippen LogP contribution is -2.54. The molecule has 0 unspecified atom stereocenters. The van der Waals surface area contributed by atoms with Crippen LogP contribution in [0.25, 0.3) is 10.9 Å². The van der Waals surface area contributed by atoms with Gasteiger partial charge in [-0.25, -0.2) is 22.4 Å². The number of carbonyl (C=O) groups excluding carboxylic acids is 1. The smallest absolute Gasteiger partial charge is 0.328 e. The van der Waals surface area contributed by atoms with Crippen molar-refractivity contribution in [1.82, 2.24) is 14.8 Å². The number of aliphatic hydroxyl groups is 1. The highest BCUT2D eigenvalue weighted by atomic mass is 19.3. The number of aliphatic hydroxyl groups excluding tert-OH is 1. The van der Waals surface area contributed by atoms with Gasteiger partial charge in [0.1, 0.15) is 18.2 Å². The maximum absolute atomic E-state index is 15.7. The first-order valence-electron chi connectivity index (χ1n) is 14.6. The molecule has 0 amide bonds. The first kappa shape index (κ1) is 34.1. The van der Waals surface area contributed by atoms with E-state index in [1.807, 2.05) is 24.3 Å². The number of carboxylic acids is 1. The first-order valence-corrected chi connectivity index (χ1v) is 14.6. The van der Waals surface area contributed by atoms with Crippen LogP contribution in [0.1, 0.15) is 43.1 Å². The fraction of sp³-hybridized carbons (Fsp3) is 0.438. The molecular formula is C32H37F5N4O4. The van der Waals surface area contributed by atoms with Crippen LogP contribution in [-0.2, 0) is 16.0 Å². The molecule has 4 N–H and O–H groups in total. The number of carboxylic acid groups (broad SMARTS) is 1. The highest BCUT2D eigenvalue weighted by Crippen LogP contribution is 2.43. The number of aliphatic carboxylic acids is 1. The quantitative estimate of drug-likeness (QED) is 0.172. The maximum atomic E-state index is 15.7. The second-order valence-electron chi connectivity index (χ2n) is 11.5. The van der Waals surface area contributed by atoms with Crippen LogP contribution < -0.4 is 5.32 Å². The van der Waals surface area contributed by atoms with Gasteiger partial charge in [0.25, 0.3) is 5.92 Å². The van der Waals surface area contributed by atoms with Gasteiger partial charge in [-0.3, -0.25) is 19.0 Å². The molecule has 0 spiro atoms. The number of aromatic amines is 1. The number of allylic oxidation sites excluding steroid dienone is 1. The number of likely N-dealkylation sites (tertiary alicyclic amines) is 1. The Hall–Kier alpha value is -3.81. The van der Waals surface area contributed by atoms with Gasteiger partial charge in [0, 0.05) is 59.6 Å². The number of nitrogens with one attached hydrogen (secondary N) is 2. The van der Waals surface area contributed by atoms with Crippen molar-refractivity contribution in [1.29, 1.82) is 0 Å². The number of hydrogen-bond acceptors (Lipinski definition) is 6. The van der Waals surface area contributed by atoms with Gasteiger partial charge in [-0.2, -0.15) is 0 Å². The number of H-pyrrole nitrogens is 1. The highest BCUT2D eigenvalue weighted by Gasteiger charge is 2.43. The van der Waals surface area contributed by atoms with E-state index in [2.05, 4.69) is 15.2 Å². The van der Waals surface area contributed by atoms with Crippen LogP contribution in [0, 0.1) is 11.6 Å². The number of para-hydroxylation sites is 1. The maximum Gasteiger partial charge on any atom is 0.328 e. The predicted octanol–water partition coefficient (Wildman–Crippen LogP) is 5.08. The fourth-order valence-corrected chi connectivity index (χ4v) is 5.86. The summed E-state index contributed by atoms with van der Waals surface area (Å²) in [6.45, 7) is 2.38. The Morgan fingerprint density at radius 3 is 2.38 bits per heavy atom. The number of carbonyl (C=O) groups is 2. The summed E-state index contributed by atoms with van der Waals surface area (Å²) in [5.41, 5.74) is 2.05. The zero-order valence-corrected chi connectivity index (χ0v) is 25.0. The van der Waals surface area contributed by atoms with E-state index in [0.29, 0.717) is 38.2 Å². The summed E-state index contributed by atoms with van der Waals surface area (Å²) in [6.07, 6.45) is 2.68. The van der Waals surface area contributed by atoms with Crippen LogP contribution in [0.5, 0.6) is 0 Å². The van der Waals surface area contributed by atoms with Gasteiger partial charge < -0.3 is 20.5 Å². The number of alkyl halides is 3. The Labute approximate surface area is 257 Å². The molecule has 0 radical (unpaired) electrons. The summed E-state index contributed by atoms with van der Waals surface area (Å²) in [5.74, 6) is -6.47. The lowest BCUT2D eigenvalue weighted by atomic mass is 9.87. The topological polar surface area (TPSA) is 109 Å². The van der Waals surface area contributed by atoms with E-state index in [9.17, 15) is 27.9 Å². The zero-order chi connectivity index (χ0) is 32.9. The molecule has 13 heteroatoms. The number of hydrogen-bond donors (Lipinski definition) is 4. The fourth-order valence-electron chi connectivity index (χ4n) is 5.86. The van der Waals surface area contributed by atoms with Crippen molar-refractivity contribution in [3.05, 3.63) is 77.0 Å². The van der Waals surface area contributed by atoms with Gasteiger partial charge in [-0.15, -0.1) is 0 Å². The second-order valence-corrected chi connectivity index (χ2v) is 11.5. The number of benzene rings is 2. The Kier molecular flexibility index (Phi) is 11.0. The Bertz CT molecular complexity index is 1500. The van der Waals surface area contributed by atoms with E-state index in [0.717, 1.165) is 28.6 Å². The minimum atomic E-state index is -3.44. The van der Waals surface area contributed by atoms with Gasteiger partial charge in [-0.1, -0.05) is 18.2 Å². The van der Waals surface area contributed by atoms with Crippen LogP contribution in [0.15, 0.2) is 48.6 Å². The van der Waals surface area contributed by atoms with Gasteiger partial charge in [0.15, 0.2) is 5.78 Å². The van der Waals surface area contributed by atoms with Crippen LogP contribution in [0.3, 0.4) is 0 Å². The third-order valence-corrected chi connectivity index (χ3v) is 7.91. The Morgan fingerprint density at radius 2 is 1.80 bits per heavy atom. The van der Waals surface area contributed by atoms with Gasteiger partial charge in [0.2, 0.25) is 0 Å². The highest BCUT2D eigenvalue weighted by molar-refractivity contribution is 5.93. The minimum absolute atomic E-state index is 0.0148. The van der Waals surface area contributed by atoms with Gasteiger partial charge >= 0.3 is 5.97 Å². The minimum Gasteiger partial charge on any atom is -0.478 e. The summed E-state index contributed by atoms with van der Waals surface area (Å²) in [5, 5.41) is 21.2. The van der Waals surface area contributed by atoms with E-state index in [-0.39, 0.29) is 29.8 Å². The number of rotatable bonds is 11. The van der Waals surface area contributed by atoms with E-state index in [4.69, 9.17) is 5.11 Å². The number of fused-ring (bicyclic) bond motifs is 3. The van der Waals surface area contributed by atoms with Crippen LogP contribution >= 0.6 is 0 Å². The van der Waals surface area contributed by atoms with Crippen LogP contribution in [-0.4, -0.2) is 94.2 Å². The molecule has 1 aromatic heterocycles. The van der Waals surface area contributed by atoms with Crippen molar-refractivity contribution in [2.45, 2.75) is 50.7 Å². The summed E-state index contributed by atoms with van der Waals surface area (Å²) in [7, 11) is 0. The van der Waals surface area contributed by atoms with Crippen molar-refractivity contribution in [2.24, 2.45) is 0 Å². The molecule has 2 aliphatic rings. The molecule has 5 rings (SSSR count). The van der Waals surface area contributed by atoms with Crippen molar-refractivity contribution in [3.8, 4) is 0 Å². The molecule has 2 aliphatic heterocycles. The molecule has 1 fully saturated rings. The molecule has 0 aliphatic carbocycles. The van der Waals surface area contributed by atoms with Crippen LogP contribution in [0.2, 0.25) is 0 Å². The third kappa shape index (κ3) is 8.27. The number of nitrogens with zero attached hydrogens (tertiary/aromatic N) is 2. The van der Waals surface area contributed by atoms with Gasteiger partial charge in [0.05, 0.1) is 25.3 Å². The largest absolute Gasteiger partial charge is 0.478 e. The summed E-state index contributed by atoms with van der Waals surface area (Å²) in [4.78, 5) is 26.3. The summed E-state index contributed by atoms with van der Waals surface area (Å²) in [6, 6.07) is 8.25. The van der Waals surface area contributed by atoms with Crippen LogP contribution in [0.4, 0.5) is 27.6 Å².